The molecule has 7 nitrogen and oxygen atoms in total. The molecule has 9 heteroatoms. The van der Waals surface area contributed by atoms with Gasteiger partial charge in [0.25, 0.3) is 0 Å². The molecule has 1 saturated heterocycles. The molecule has 0 radical (unpaired) electrons. The van der Waals surface area contributed by atoms with Gasteiger partial charge in [0.1, 0.15) is 0 Å². The monoisotopic (exact) mass is 459 g/mol. The van der Waals surface area contributed by atoms with E-state index in [9.17, 15) is 8.42 Å². The topological polar surface area (TPSA) is 72.0 Å². The molecular weight excluding hydrogens is 434 g/mol. The maximum Gasteiger partial charge on any atom is 0.243 e. The lowest BCUT2D eigenvalue weighted by atomic mass is 10.1. The Kier molecular flexibility index (Phi) is 6.17. The zero-order valence-corrected chi connectivity index (χ0v) is 19.4. The van der Waals surface area contributed by atoms with Gasteiger partial charge in [-0.25, -0.2) is 13.4 Å². The maximum atomic E-state index is 13.1. The van der Waals surface area contributed by atoms with Gasteiger partial charge in [0.05, 0.1) is 24.8 Å². The van der Waals surface area contributed by atoms with E-state index in [1.165, 1.54) is 30.2 Å². The lowest BCUT2D eigenvalue weighted by molar-refractivity contribution is 0.353. The molecule has 31 heavy (non-hydrogen) atoms. The van der Waals surface area contributed by atoms with Crippen LogP contribution in [0.1, 0.15) is 5.56 Å². The van der Waals surface area contributed by atoms with Crippen molar-refractivity contribution in [3.63, 3.8) is 0 Å². The first-order valence-electron chi connectivity index (χ1n) is 9.92. The number of anilines is 1. The summed E-state index contributed by atoms with van der Waals surface area (Å²) in [4.78, 5) is 7.13. The number of aromatic nitrogens is 1. The molecule has 2 heterocycles. The Labute approximate surface area is 186 Å². The van der Waals surface area contributed by atoms with E-state index in [-0.39, 0.29) is 4.90 Å². The second-order valence-corrected chi connectivity index (χ2v) is 10.1. The minimum atomic E-state index is -3.61. The second kappa shape index (κ2) is 8.86. The molecule has 0 spiro atoms. The third-order valence-electron chi connectivity index (χ3n) is 5.31. The number of methoxy groups -OCH3 is 2. The van der Waals surface area contributed by atoms with Crippen LogP contribution in [0.4, 0.5) is 5.13 Å². The maximum absolute atomic E-state index is 13.1. The molecule has 3 aromatic rings. The molecule has 2 aromatic carbocycles. The Balaban J connectivity index is 1.46. The van der Waals surface area contributed by atoms with Gasteiger partial charge in [-0.15, -0.1) is 11.3 Å². The van der Waals surface area contributed by atoms with Crippen LogP contribution in [0.5, 0.6) is 11.5 Å². The number of nitrogens with zero attached hydrogens (tertiary/aromatic N) is 3. The van der Waals surface area contributed by atoms with Gasteiger partial charge in [-0.05, 0) is 25.1 Å². The Bertz CT molecular complexity index is 1170. The highest BCUT2D eigenvalue weighted by atomic mass is 32.2. The van der Waals surface area contributed by atoms with Crippen LogP contribution in [-0.2, 0) is 10.0 Å². The minimum Gasteiger partial charge on any atom is -0.493 e. The lowest BCUT2D eigenvalue weighted by Crippen LogP contribution is -2.48. The van der Waals surface area contributed by atoms with Gasteiger partial charge < -0.3 is 14.4 Å². The molecule has 1 fully saturated rings. The van der Waals surface area contributed by atoms with Crippen LogP contribution in [0.25, 0.3) is 11.3 Å². The average molecular weight is 460 g/mol. The van der Waals surface area contributed by atoms with Gasteiger partial charge in [-0.2, -0.15) is 4.31 Å². The van der Waals surface area contributed by atoms with E-state index in [1.807, 2.05) is 6.07 Å². The summed E-state index contributed by atoms with van der Waals surface area (Å²) in [6, 6.07) is 12.9. The quantitative estimate of drug-likeness (QED) is 0.560. The minimum absolute atomic E-state index is 0.203. The van der Waals surface area contributed by atoms with Gasteiger partial charge in [0.2, 0.25) is 10.0 Å². The predicted molar refractivity (Wildman–Crippen MR) is 123 cm³/mol. The van der Waals surface area contributed by atoms with Crippen molar-refractivity contribution < 1.29 is 17.9 Å². The number of rotatable bonds is 6. The number of sulfonamides is 1. The van der Waals surface area contributed by atoms with E-state index in [1.54, 1.807) is 23.5 Å². The van der Waals surface area contributed by atoms with Crippen molar-refractivity contribution in [2.45, 2.75) is 11.8 Å². The fourth-order valence-corrected chi connectivity index (χ4v) is 5.92. The molecule has 1 aromatic heterocycles. The Morgan fingerprint density at radius 2 is 1.71 bits per heavy atom. The highest BCUT2D eigenvalue weighted by Gasteiger charge is 2.30. The second-order valence-electron chi connectivity index (χ2n) is 7.29. The van der Waals surface area contributed by atoms with Crippen molar-refractivity contribution in [2.75, 3.05) is 45.3 Å². The van der Waals surface area contributed by atoms with Gasteiger partial charge >= 0.3 is 0 Å². The Hall–Kier alpha value is -2.62. The van der Waals surface area contributed by atoms with Crippen LogP contribution in [0.3, 0.4) is 0 Å². The summed E-state index contributed by atoms with van der Waals surface area (Å²) < 4.78 is 38.2. The van der Waals surface area contributed by atoms with Crippen molar-refractivity contribution in [3.8, 4) is 22.8 Å². The molecule has 0 N–H and O–H groups in total. The first-order chi connectivity index (χ1) is 14.9. The van der Waals surface area contributed by atoms with Crippen molar-refractivity contribution in [1.29, 1.82) is 0 Å². The van der Waals surface area contributed by atoms with Gasteiger partial charge in [0, 0.05) is 43.2 Å². The van der Waals surface area contributed by atoms with Crippen LogP contribution < -0.4 is 14.4 Å². The van der Waals surface area contributed by atoms with Gasteiger partial charge in [0.15, 0.2) is 16.6 Å². The first kappa shape index (κ1) is 21.6. The van der Waals surface area contributed by atoms with Crippen molar-refractivity contribution in [2.24, 2.45) is 0 Å². The lowest BCUT2D eigenvalue weighted by Gasteiger charge is -2.33. The average Bonchev–Trinajstić information content (AvgIpc) is 3.29. The molecule has 0 aliphatic carbocycles. The van der Waals surface area contributed by atoms with Crippen LogP contribution in [-0.4, -0.2) is 58.1 Å². The fourth-order valence-electron chi connectivity index (χ4n) is 3.59. The molecule has 0 unspecified atom stereocenters. The van der Waals surface area contributed by atoms with E-state index in [0.717, 1.165) is 16.4 Å². The summed E-state index contributed by atoms with van der Waals surface area (Å²) in [5.41, 5.74) is 3.24. The van der Waals surface area contributed by atoms with Gasteiger partial charge in [-0.1, -0.05) is 23.8 Å². The fraction of sp³-hybridized carbons (Fsp3) is 0.318. The molecule has 0 amide bonds. The van der Waals surface area contributed by atoms with E-state index in [0.29, 0.717) is 37.7 Å². The third kappa shape index (κ3) is 4.39. The Morgan fingerprint density at radius 1 is 0.968 bits per heavy atom. The standard InChI is InChI=1S/C22H25N3O4S2/c1-16-5-4-6-17(13-16)19-15-30-22(23-19)24-9-11-25(12-10-24)31(26,27)18-7-8-20(28-2)21(14-18)29-3/h4-8,13-15H,9-12H2,1-3H3. The van der Waals surface area contributed by atoms with Crippen LogP contribution >= 0.6 is 11.3 Å². The summed E-state index contributed by atoms with van der Waals surface area (Å²) in [5, 5.41) is 2.97. The van der Waals surface area contributed by atoms with Crippen molar-refractivity contribution >= 4 is 26.5 Å². The van der Waals surface area contributed by atoms with Crippen LogP contribution in [0, 0.1) is 6.92 Å². The summed E-state index contributed by atoms with van der Waals surface area (Å²) in [6.45, 7) is 4.04. The van der Waals surface area contributed by atoms with Crippen molar-refractivity contribution in [3.05, 3.63) is 53.4 Å². The normalized spacial score (nSPS) is 15.1. The van der Waals surface area contributed by atoms with E-state index < -0.39 is 10.0 Å². The van der Waals surface area contributed by atoms with Gasteiger partial charge in [-0.3, -0.25) is 0 Å². The SMILES string of the molecule is COc1ccc(S(=O)(=O)N2CCN(c3nc(-c4cccc(C)c4)cs3)CC2)cc1OC. The highest BCUT2D eigenvalue weighted by Crippen LogP contribution is 2.32. The molecule has 164 valence electrons. The number of hydrogen-bond acceptors (Lipinski definition) is 7. The summed E-state index contributed by atoms with van der Waals surface area (Å²) >= 11 is 1.59. The smallest absolute Gasteiger partial charge is 0.243 e. The molecule has 0 atom stereocenters. The third-order valence-corrected chi connectivity index (χ3v) is 8.10. The van der Waals surface area contributed by atoms with E-state index in [2.05, 4.69) is 35.4 Å². The van der Waals surface area contributed by atoms with Crippen LogP contribution in [0.2, 0.25) is 0 Å². The number of ether oxygens (including phenoxy) is 2. The molecule has 0 bridgehead atoms. The highest BCUT2D eigenvalue weighted by molar-refractivity contribution is 7.89. The van der Waals surface area contributed by atoms with E-state index >= 15 is 0 Å². The molecule has 0 saturated carbocycles. The predicted octanol–water partition coefficient (Wildman–Crippen LogP) is 3.65. The molecule has 1 aliphatic rings. The summed E-state index contributed by atoms with van der Waals surface area (Å²) in [6.07, 6.45) is 0. The Morgan fingerprint density at radius 3 is 2.39 bits per heavy atom. The molecular formula is C22H25N3O4S2. The summed E-state index contributed by atoms with van der Waals surface area (Å²) in [7, 11) is -0.599. The first-order valence-corrected chi connectivity index (χ1v) is 12.2. The largest absolute Gasteiger partial charge is 0.493 e. The number of hydrogen-bond donors (Lipinski definition) is 0. The van der Waals surface area contributed by atoms with Crippen LogP contribution in [0.15, 0.2) is 52.7 Å². The van der Waals surface area contributed by atoms with E-state index in [4.69, 9.17) is 14.5 Å². The number of thiazole rings is 1. The number of benzene rings is 2. The zero-order chi connectivity index (χ0) is 22.0. The molecule has 4 rings (SSSR count). The number of aryl methyl sites for hydroxylation is 1. The summed E-state index contributed by atoms with van der Waals surface area (Å²) in [5.74, 6) is 0.896. The molecule has 1 aliphatic heterocycles. The number of piperazine rings is 1. The zero-order valence-electron chi connectivity index (χ0n) is 17.7. The van der Waals surface area contributed by atoms with Crippen molar-refractivity contribution in [1.82, 2.24) is 9.29 Å².